The number of ether oxygens (including phenoxy) is 2. The highest BCUT2D eigenvalue weighted by Gasteiger charge is 2.22. The van der Waals surface area contributed by atoms with Crippen molar-refractivity contribution < 1.29 is 24.3 Å². The zero-order valence-corrected chi connectivity index (χ0v) is 8.29. The predicted octanol–water partition coefficient (Wildman–Crippen LogP) is 0.218. The molecule has 0 unspecified atom stereocenters. The van der Waals surface area contributed by atoms with Gasteiger partial charge in [-0.2, -0.15) is 0 Å². The Hall–Kier alpha value is -1.79. The smallest absolute Gasteiger partial charge is 0.456 e. The van der Waals surface area contributed by atoms with E-state index in [0.717, 1.165) is 5.98 Å². The third kappa shape index (κ3) is 2.07. The Morgan fingerprint density at radius 3 is 2.88 bits per heavy atom. The highest BCUT2D eigenvalue weighted by atomic mass is 16.7. The second kappa shape index (κ2) is 4.38. The third-order valence-corrected chi connectivity index (χ3v) is 2.11. The van der Waals surface area contributed by atoms with Crippen molar-refractivity contribution in [3.8, 4) is 5.75 Å². The lowest BCUT2D eigenvalue weighted by Gasteiger charge is -2.18. The molecule has 16 heavy (non-hydrogen) atoms. The standard InChI is InChI=1S/C10H9BO5/c12-10-9-7(4-5-11(13)14)2-1-3-8(9)15-6-16-10/h1-5,13-14H,6H2/b5-4+. The number of carbonyl (C=O) groups is 1. The summed E-state index contributed by atoms with van der Waals surface area (Å²) in [6.07, 6.45) is 1.43. The number of carbonyl (C=O) groups excluding carboxylic acids is 1. The molecule has 0 radical (unpaired) electrons. The van der Waals surface area contributed by atoms with Crippen LogP contribution in [0.25, 0.3) is 6.08 Å². The van der Waals surface area contributed by atoms with E-state index in [4.69, 9.17) is 19.5 Å². The predicted molar refractivity (Wildman–Crippen MR) is 56.6 cm³/mol. The molecule has 0 fully saturated rings. The second-order valence-corrected chi connectivity index (χ2v) is 3.19. The number of esters is 1. The van der Waals surface area contributed by atoms with Gasteiger partial charge in [0.2, 0.25) is 6.79 Å². The van der Waals surface area contributed by atoms with Gasteiger partial charge in [-0.3, -0.25) is 0 Å². The molecular weight excluding hydrogens is 211 g/mol. The molecule has 1 aliphatic rings. The summed E-state index contributed by atoms with van der Waals surface area (Å²) >= 11 is 0. The van der Waals surface area contributed by atoms with E-state index in [-0.39, 0.29) is 6.79 Å². The summed E-state index contributed by atoms with van der Waals surface area (Å²) in [4.78, 5) is 11.5. The molecule has 0 atom stereocenters. The molecule has 1 aromatic rings. The topological polar surface area (TPSA) is 76.0 Å². The maximum atomic E-state index is 11.5. The minimum atomic E-state index is -1.56. The molecule has 0 aromatic heterocycles. The first-order valence-corrected chi connectivity index (χ1v) is 4.66. The Morgan fingerprint density at radius 2 is 2.12 bits per heavy atom. The van der Waals surface area contributed by atoms with Crippen LogP contribution in [0.15, 0.2) is 24.2 Å². The average Bonchev–Trinajstić information content (AvgIpc) is 2.26. The van der Waals surface area contributed by atoms with Gasteiger partial charge in [0.15, 0.2) is 0 Å². The number of cyclic esters (lactones) is 1. The van der Waals surface area contributed by atoms with E-state index in [0.29, 0.717) is 16.9 Å². The molecule has 0 aliphatic carbocycles. The maximum absolute atomic E-state index is 11.5. The molecule has 5 nitrogen and oxygen atoms in total. The van der Waals surface area contributed by atoms with E-state index in [1.807, 2.05) is 0 Å². The number of benzene rings is 1. The molecule has 2 N–H and O–H groups in total. The van der Waals surface area contributed by atoms with Gasteiger partial charge in [-0.15, -0.1) is 0 Å². The van der Waals surface area contributed by atoms with Gasteiger partial charge in [0.25, 0.3) is 0 Å². The van der Waals surface area contributed by atoms with Gasteiger partial charge in [-0.25, -0.2) is 4.79 Å². The molecule has 0 amide bonds. The molecule has 1 aromatic carbocycles. The molecule has 0 saturated carbocycles. The van der Waals surface area contributed by atoms with Crippen LogP contribution in [0.5, 0.6) is 5.75 Å². The van der Waals surface area contributed by atoms with Gasteiger partial charge in [-0.05, 0) is 11.6 Å². The summed E-state index contributed by atoms with van der Waals surface area (Å²) in [6.45, 7) is -0.0956. The molecule has 82 valence electrons. The normalized spacial score (nSPS) is 14.2. The zero-order chi connectivity index (χ0) is 11.5. The molecule has 6 heteroatoms. The fraction of sp³-hybridized carbons (Fsp3) is 0.100. The molecular formula is C10H9BO5. The quantitative estimate of drug-likeness (QED) is 0.550. The lowest BCUT2D eigenvalue weighted by molar-refractivity contribution is 0.00487. The van der Waals surface area contributed by atoms with Crippen molar-refractivity contribution in [1.82, 2.24) is 0 Å². The summed E-state index contributed by atoms with van der Waals surface area (Å²) in [6, 6.07) is 5.02. The van der Waals surface area contributed by atoms with Crippen molar-refractivity contribution in [1.29, 1.82) is 0 Å². The molecule has 1 heterocycles. The number of rotatable bonds is 2. The van der Waals surface area contributed by atoms with E-state index in [2.05, 4.69) is 0 Å². The summed E-state index contributed by atoms with van der Waals surface area (Å²) in [5.41, 5.74) is 0.820. The fourth-order valence-corrected chi connectivity index (χ4v) is 1.43. The highest BCUT2D eigenvalue weighted by Crippen LogP contribution is 2.27. The molecule has 2 rings (SSSR count). The van der Waals surface area contributed by atoms with Gasteiger partial charge in [0.05, 0.1) is 0 Å². The van der Waals surface area contributed by atoms with Gasteiger partial charge in [-0.1, -0.05) is 24.2 Å². The van der Waals surface area contributed by atoms with Gasteiger partial charge < -0.3 is 19.5 Å². The lowest BCUT2D eigenvalue weighted by atomic mass is 9.90. The molecule has 0 spiro atoms. The van der Waals surface area contributed by atoms with Gasteiger partial charge >= 0.3 is 13.1 Å². The summed E-state index contributed by atoms with van der Waals surface area (Å²) in [5, 5.41) is 17.4. The van der Waals surface area contributed by atoms with E-state index in [1.165, 1.54) is 6.08 Å². The lowest BCUT2D eigenvalue weighted by Crippen LogP contribution is -2.19. The van der Waals surface area contributed by atoms with Crippen molar-refractivity contribution in [3.05, 3.63) is 35.3 Å². The van der Waals surface area contributed by atoms with Crippen molar-refractivity contribution in [3.63, 3.8) is 0 Å². The molecule has 1 aliphatic heterocycles. The summed E-state index contributed by atoms with van der Waals surface area (Å²) in [7, 11) is -1.56. The SMILES string of the molecule is O=C1OCOc2cccc(/C=C/B(O)O)c21. The third-order valence-electron chi connectivity index (χ3n) is 2.11. The summed E-state index contributed by atoms with van der Waals surface area (Å²) in [5.74, 6) is 1.11. The largest absolute Gasteiger partial charge is 0.480 e. The number of fused-ring (bicyclic) bond motifs is 1. The van der Waals surface area contributed by atoms with Crippen LogP contribution >= 0.6 is 0 Å². The number of hydrogen-bond donors (Lipinski definition) is 2. The minimum Gasteiger partial charge on any atom is -0.456 e. The Bertz CT molecular complexity index is 441. The molecule has 0 bridgehead atoms. The Labute approximate surface area is 92.1 Å². The zero-order valence-electron chi connectivity index (χ0n) is 8.29. The van der Waals surface area contributed by atoms with Gasteiger partial charge in [0.1, 0.15) is 11.3 Å². The maximum Gasteiger partial charge on any atom is 0.480 e. The monoisotopic (exact) mass is 220 g/mol. The van der Waals surface area contributed by atoms with E-state index >= 15 is 0 Å². The van der Waals surface area contributed by atoms with Crippen LogP contribution in [0.2, 0.25) is 0 Å². The first kappa shape index (κ1) is 10.7. The Kier molecular flexibility index (Phi) is 2.94. The first-order valence-electron chi connectivity index (χ1n) is 4.66. The van der Waals surface area contributed by atoms with E-state index in [9.17, 15) is 4.79 Å². The van der Waals surface area contributed by atoms with E-state index in [1.54, 1.807) is 18.2 Å². The van der Waals surface area contributed by atoms with Crippen molar-refractivity contribution >= 4 is 19.2 Å². The minimum absolute atomic E-state index is 0.0956. The van der Waals surface area contributed by atoms with Crippen LogP contribution in [-0.4, -0.2) is 29.9 Å². The van der Waals surface area contributed by atoms with Crippen LogP contribution < -0.4 is 4.74 Å². The fourth-order valence-electron chi connectivity index (χ4n) is 1.43. The number of hydrogen-bond acceptors (Lipinski definition) is 5. The van der Waals surface area contributed by atoms with Crippen LogP contribution in [-0.2, 0) is 4.74 Å². The van der Waals surface area contributed by atoms with Crippen LogP contribution in [0.4, 0.5) is 0 Å². The van der Waals surface area contributed by atoms with Crippen molar-refractivity contribution in [2.24, 2.45) is 0 Å². The van der Waals surface area contributed by atoms with E-state index < -0.39 is 13.1 Å². The highest BCUT2D eigenvalue weighted by molar-refractivity contribution is 6.48. The van der Waals surface area contributed by atoms with Gasteiger partial charge in [0, 0.05) is 0 Å². The molecule has 0 saturated heterocycles. The van der Waals surface area contributed by atoms with Crippen LogP contribution in [0.1, 0.15) is 15.9 Å². The Morgan fingerprint density at radius 1 is 1.31 bits per heavy atom. The van der Waals surface area contributed by atoms with Crippen LogP contribution in [0.3, 0.4) is 0 Å². The Balaban J connectivity index is 2.42. The van der Waals surface area contributed by atoms with Crippen molar-refractivity contribution in [2.45, 2.75) is 0 Å². The first-order chi connectivity index (χ1) is 7.68. The average molecular weight is 220 g/mol. The second-order valence-electron chi connectivity index (χ2n) is 3.19. The van der Waals surface area contributed by atoms with Crippen molar-refractivity contribution in [2.75, 3.05) is 6.79 Å². The van der Waals surface area contributed by atoms with Crippen LogP contribution in [0, 0.1) is 0 Å². The summed E-state index contributed by atoms with van der Waals surface area (Å²) < 4.78 is 9.87.